The number of fused-ring (bicyclic) bond motifs is 1. The lowest BCUT2D eigenvalue weighted by Crippen LogP contribution is -2.41. The van der Waals surface area contributed by atoms with Gasteiger partial charge in [-0.05, 0) is 41.9 Å². The molecule has 0 atom stereocenters. The number of amides is 1. The van der Waals surface area contributed by atoms with Crippen molar-refractivity contribution in [2.24, 2.45) is 16.7 Å². The van der Waals surface area contributed by atoms with Gasteiger partial charge in [-0.15, -0.1) is 0 Å². The van der Waals surface area contributed by atoms with Gasteiger partial charge in [-0.1, -0.05) is 58.0 Å². The van der Waals surface area contributed by atoms with E-state index in [1.807, 2.05) is 35.2 Å². The Kier molecular flexibility index (Phi) is 4.51. The first kappa shape index (κ1) is 20.2. The Labute approximate surface area is 183 Å². The molecule has 1 amide bonds. The first-order chi connectivity index (χ1) is 14.7. The largest absolute Gasteiger partial charge is 0.342 e. The molecule has 31 heavy (non-hydrogen) atoms. The first-order valence-electron chi connectivity index (χ1n) is 11.2. The van der Waals surface area contributed by atoms with E-state index in [1.165, 1.54) is 6.07 Å². The molecule has 0 bridgehead atoms. The minimum absolute atomic E-state index is 0.0550. The van der Waals surface area contributed by atoms with Gasteiger partial charge in [0.2, 0.25) is 5.91 Å². The lowest BCUT2D eigenvalue weighted by Gasteiger charge is -2.34. The van der Waals surface area contributed by atoms with E-state index in [0.717, 1.165) is 48.4 Å². The van der Waals surface area contributed by atoms with E-state index < -0.39 is 0 Å². The van der Waals surface area contributed by atoms with Crippen LogP contribution in [0.4, 0.5) is 4.39 Å². The van der Waals surface area contributed by atoms with E-state index in [9.17, 15) is 9.18 Å². The van der Waals surface area contributed by atoms with Gasteiger partial charge in [0.15, 0.2) is 0 Å². The zero-order chi connectivity index (χ0) is 22.0. The van der Waals surface area contributed by atoms with E-state index in [0.29, 0.717) is 5.91 Å². The lowest BCUT2D eigenvalue weighted by atomic mass is 10.0. The number of imidazole rings is 1. The maximum Gasteiger partial charge on any atom is 0.226 e. The van der Waals surface area contributed by atoms with E-state index in [-0.39, 0.29) is 28.6 Å². The third-order valence-corrected chi connectivity index (χ3v) is 8.09. The molecule has 2 aliphatic rings. The average molecular weight is 420 g/mol. The maximum atomic E-state index is 14.1. The van der Waals surface area contributed by atoms with Crippen LogP contribution in [0.15, 0.2) is 48.5 Å². The summed E-state index contributed by atoms with van der Waals surface area (Å²) >= 11 is 0. The number of nitrogens with zero attached hydrogens (tertiary/aromatic N) is 3. The van der Waals surface area contributed by atoms with Gasteiger partial charge in [0.1, 0.15) is 11.6 Å². The molecule has 1 aromatic heterocycles. The SMILES string of the molecule is CC1(C)C(C(=O)N2CCC(n3c(-c4ccccc4)nc4ccc(F)cc43)CC2)C1(C)C. The predicted octanol–water partition coefficient (Wildman–Crippen LogP) is 5.69. The minimum Gasteiger partial charge on any atom is -0.342 e. The molecule has 0 spiro atoms. The maximum absolute atomic E-state index is 14.1. The number of halogens is 1. The fourth-order valence-electron chi connectivity index (χ4n) is 5.57. The predicted molar refractivity (Wildman–Crippen MR) is 121 cm³/mol. The van der Waals surface area contributed by atoms with E-state index in [2.05, 4.69) is 32.3 Å². The second-order valence-electron chi connectivity index (χ2n) is 10.2. The van der Waals surface area contributed by atoms with Crippen molar-refractivity contribution in [2.45, 2.75) is 46.6 Å². The quantitative estimate of drug-likeness (QED) is 0.547. The van der Waals surface area contributed by atoms with E-state index in [1.54, 1.807) is 12.1 Å². The Morgan fingerprint density at radius 1 is 1.00 bits per heavy atom. The summed E-state index contributed by atoms with van der Waals surface area (Å²) in [5.41, 5.74) is 2.77. The number of carbonyl (C=O) groups excluding carboxylic acids is 1. The van der Waals surface area contributed by atoms with Gasteiger partial charge < -0.3 is 9.47 Å². The molecule has 2 aromatic carbocycles. The second-order valence-corrected chi connectivity index (χ2v) is 10.2. The molecular weight excluding hydrogens is 389 g/mol. The highest BCUT2D eigenvalue weighted by Gasteiger charge is 2.68. The number of benzene rings is 2. The van der Waals surface area contributed by atoms with Gasteiger partial charge in [-0.25, -0.2) is 9.37 Å². The van der Waals surface area contributed by atoms with Gasteiger partial charge in [-0.3, -0.25) is 4.79 Å². The molecule has 2 heterocycles. The molecule has 4 nitrogen and oxygen atoms in total. The minimum atomic E-state index is -0.251. The highest BCUT2D eigenvalue weighted by Crippen LogP contribution is 2.68. The second kappa shape index (κ2) is 6.91. The summed E-state index contributed by atoms with van der Waals surface area (Å²) in [5.74, 6) is 1.01. The number of hydrogen-bond acceptors (Lipinski definition) is 2. The third kappa shape index (κ3) is 3.08. The van der Waals surface area contributed by atoms with Gasteiger partial charge >= 0.3 is 0 Å². The molecule has 5 rings (SSSR count). The topological polar surface area (TPSA) is 38.1 Å². The zero-order valence-electron chi connectivity index (χ0n) is 18.7. The van der Waals surface area contributed by atoms with Crippen LogP contribution in [-0.4, -0.2) is 33.4 Å². The van der Waals surface area contributed by atoms with Crippen LogP contribution < -0.4 is 0 Å². The first-order valence-corrected chi connectivity index (χ1v) is 11.2. The summed E-state index contributed by atoms with van der Waals surface area (Å²) in [6.07, 6.45) is 1.70. The van der Waals surface area contributed by atoms with E-state index in [4.69, 9.17) is 4.98 Å². The number of hydrogen-bond donors (Lipinski definition) is 0. The van der Waals surface area contributed by atoms with Crippen molar-refractivity contribution in [3.63, 3.8) is 0 Å². The van der Waals surface area contributed by atoms with Crippen LogP contribution in [0.1, 0.15) is 46.6 Å². The lowest BCUT2D eigenvalue weighted by molar-refractivity contribution is -0.135. The molecule has 1 aliphatic carbocycles. The van der Waals surface area contributed by atoms with Crippen LogP contribution in [0.3, 0.4) is 0 Å². The van der Waals surface area contributed by atoms with Gasteiger partial charge in [0.25, 0.3) is 0 Å². The van der Waals surface area contributed by atoms with Crippen molar-refractivity contribution in [3.8, 4) is 11.4 Å². The van der Waals surface area contributed by atoms with Crippen molar-refractivity contribution < 1.29 is 9.18 Å². The number of carbonyl (C=O) groups is 1. The summed E-state index contributed by atoms with van der Waals surface area (Å²) in [6.45, 7) is 10.2. The standard InChI is InChI=1S/C26H30FN3O/c1-25(2)22(26(25,3)4)24(31)29-14-12-19(13-15-29)30-21-16-18(27)10-11-20(21)28-23(30)17-8-6-5-7-9-17/h5-11,16,19,22H,12-15H2,1-4H3. The van der Waals surface area contributed by atoms with E-state index >= 15 is 0 Å². The Hall–Kier alpha value is -2.69. The number of likely N-dealkylation sites (tertiary alicyclic amines) is 1. The molecular formula is C26H30FN3O. The molecule has 5 heteroatoms. The molecule has 1 saturated heterocycles. The molecule has 0 radical (unpaired) electrons. The smallest absolute Gasteiger partial charge is 0.226 e. The summed E-state index contributed by atoms with van der Waals surface area (Å²) in [5, 5.41) is 0. The monoisotopic (exact) mass is 419 g/mol. The Bertz CT molecular complexity index is 1130. The average Bonchev–Trinajstić information content (AvgIpc) is 3.01. The van der Waals surface area contributed by atoms with Crippen molar-refractivity contribution >= 4 is 16.9 Å². The molecule has 3 aromatic rings. The van der Waals surface area contributed by atoms with Gasteiger partial charge in [0, 0.05) is 30.6 Å². The number of rotatable bonds is 3. The van der Waals surface area contributed by atoms with Gasteiger partial charge in [0.05, 0.1) is 11.0 Å². The van der Waals surface area contributed by atoms with Crippen LogP contribution in [0, 0.1) is 22.6 Å². The van der Waals surface area contributed by atoms with Crippen molar-refractivity contribution in [1.82, 2.24) is 14.5 Å². The van der Waals surface area contributed by atoms with Crippen LogP contribution in [-0.2, 0) is 4.79 Å². The molecule has 1 saturated carbocycles. The van der Waals surface area contributed by atoms with Gasteiger partial charge in [-0.2, -0.15) is 0 Å². The highest BCUT2D eigenvalue weighted by molar-refractivity contribution is 5.84. The summed E-state index contributed by atoms with van der Waals surface area (Å²) < 4.78 is 16.3. The van der Waals surface area contributed by atoms with Crippen LogP contribution >= 0.6 is 0 Å². The molecule has 0 N–H and O–H groups in total. The number of aromatic nitrogens is 2. The molecule has 1 aliphatic heterocycles. The van der Waals surface area contributed by atoms with Crippen molar-refractivity contribution in [3.05, 3.63) is 54.3 Å². The summed E-state index contributed by atoms with van der Waals surface area (Å²) in [7, 11) is 0. The summed E-state index contributed by atoms with van der Waals surface area (Å²) in [6, 6.07) is 15.1. The zero-order valence-corrected chi connectivity index (χ0v) is 18.7. The van der Waals surface area contributed by atoms with Crippen LogP contribution in [0.25, 0.3) is 22.4 Å². The molecule has 162 valence electrons. The van der Waals surface area contributed by atoms with Crippen LogP contribution in [0.5, 0.6) is 0 Å². The molecule has 0 unspecified atom stereocenters. The highest BCUT2D eigenvalue weighted by atomic mass is 19.1. The fraction of sp³-hybridized carbons (Fsp3) is 0.462. The third-order valence-electron chi connectivity index (χ3n) is 8.09. The Morgan fingerprint density at radius 2 is 1.65 bits per heavy atom. The number of piperidine rings is 1. The van der Waals surface area contributed by atoms with Crippen molar-refractivity contribution in [2.75, 3.05) is 13.1 Å². The summed E-state index contributed by atoms with van der Waals surface area (Å²) in [4.78, 5) is 20.1. The van der Waals surface area contributed by atoms with Crippen LogP contribution in [0.2, 0.25) is 0 Å². The Morgan fingerprint density at radius 3 is 2.26 bits per heavy atom. The van der Waals surface area contributed by atoms with Crippen molar-refractivity contribution in [1.29, 1.82) is 0 Å². The normalized spacial score (nSPS) is 20.9. The molecule has 2 fully saturated rings. The fourth-order valence-corrected chi connectivity index (χ4v) is 5.57. The Balaban J connectivity index is 1.43.